The normalized spacial score (nSPS) is 14.9. The third-order valence-electron chi connectivity index (χ3n) is 3.63. The van der Waals surface area contributed by atoms with Crippen LogP contribution >= 0.6 is 0 Å². The van der Waals surface area contributed by atoms with Crippen molar-refractivity contribution in [2.75, 3.05) is 23.3 Å². The molecule has 0 atom stereocenters. The van der Waals surface area contributed by atoms with Gasteiger partial charge in [0.25, 0.3) is 0 Å². The fraction of sp³-hybridized carbons (Fsp3) is 0.312. The maximum absolute atomic E-state index is 11.4. The summed E-state index contributed by atoms with van der Waals surface area (Å²) < 4.78 is 0. The molecule has 0 saturated carbocycles. The Hall–Kier alpha value is -2.03. The van der Waals surface area contributed by atoms with Crippen LogP contribution in [0.1, 0.15) is 19.8 Å². The first-order valence-electron chi connectivity index (χ1n) is 6.79. The molecule has 1 N–H and O–H groups in total. The van der Waals surface area contributed by atoms with Crippen LogP contribution < -0.4 is 10.2 Å². The van der Waals surface area contributed by atoms with Gasteiger partial charge in [0.1, 0.15) is 0 Å². The highest BCUT2D eigenvalue weighted by atomic mass is 16.1. The van der Waals surface area contributed by atoms with Gasteiger partial charge in [-0.3, -0.25) is 4.79 Å². The van der Waals surface area contributed by atoms with E-state index in [9.17, 15) is 4.79 Å². The topological polar surface area (TPSA) is 32.3 Å². The van der Waals surface area contributed by atoms with Crippen LogP contribution in [0, 0.1) is 0 Å². The minimum Gasteiger partial charge on any atom is -0.371 e. The standard InChI is InChI=1S/C16H18N2O/c1-12(19)17-16-11-14(18-8-4-5-9-18)10-13-6-2-3-7-15(13)16/h2-3,6-7,10-11H,4-5,8-9H2,1H3,(H,17,19). The van der Waals surface area contributed by atoms with E-state index in [2.05, 4.69) is 28.4 Å². The predicted octanol–water partition coefficient (Wildman–Crippen LogP) is 3.40. The highest BCUT2D eigenvalue weighted by Crippen LogP contribution is 2.31. The molecule has 1 fully saturated rings. The van der Waals surface area contributed by atoms with Crippen molar-refractivity contribution in [2.45, 2.75) is 19.8 Å². The van der Waals surface area contributed by atoms with Gasteiger partial charge in [-0.1, -0.05) is 24.3 Å². The number of nitrogens with zero attached hydrogens (tertiary/aromatic N) is 1. The van der Waals surface area contributed by atoms with E-state index in [0.29, 0.717) is 0 Å². The summed E-state index contributed by atoms with van der Waals surface area (Å²) >= 11 is 0. The number of benzene rings is 2. The molecule has 0 radical (unpaired) electrons. The molecule has 98 valence electrons. The number of amides is 1. The van der Waals surface area contributed by atoms with E-state index < -0.39 is 0 Å². The smallest absolute Gasteiger partial charge is 0.221 e. The van der Waals surface area contributed by atoms with E-state index in [-0.39, 0.29) is 5.91 Å². The second-order valence-electron chi connectivity index (χ2n) is 5.09. The summed E-state index contributed by atoms with van der Waals surface area (Å²) in [4.78, 5) is 13.8. The van der Waals surface area contributed by atoms with Gasteiger partial charge in [0.05, 0.1) is 5.69 Å². The van der Waals surface area contributed by atoms with E-state index in [1.807, 2.05) is 18.2 Å². The molecule has 1 saturated heterocycles. The first-order valence-corrected chi connectivity index (χ1v) is 6.79. The lowest BCUT2D eigenvalue weighted by Gasteiger charge is -2.20. The second kappa shape index (κ2) is 4.92. The van der Waals surface area contributed by atoms with Crippen molar-refractivity contribution in [3.05, 3.63) is 36.4 Å². The van der Waals surface area contributed by atoms with Gasteiger partial charge in [-0.05, 0) is 30.4 Å². The van der Waals surface area contributed by atoms with Crippen molar-refractivity contribution in [1.82, 2.24) is 0 Å². The number of carbonyl (C=O) groups excluding carboxylic acids is 1. The Balaban J connectivity index is 2.11. The van der Waals surface area contributed by atoms with Crippen LogP contribution in [0.2, 0.25) is 0 Å². The average molecular weight is 254 g/mol. The van der Waals surface area contributed by atoms with Crippen molar-refractivity contribution >= 4 is 28.1 Å². The van der Waals surface area contributed by atoms with Gasteiger partial charge in [-0.15, -0.1) is 0 Å². The molecule has 0 aromatic heterocycles. The van der Waals surface area contributed by atoms with Gasteiger partial charge >= 0.3 is 0 Å². The molecule has 0 spiro atoms. The second-order valence-corrected chi connectivity index (χ2v) is 5.09. The lowest BCUT2D eigenvalue weighted by molar-refractivity contribution is -0.114. The van der Waals surface area contributed by atoms with Crippen LogP contribution in [0.25, 0.3) is 10.8 Å². The van der Waals surface area contributed by atoms with E-state index >= 15 is 0 Å². The molecule has 1 aliphatic rings. The Morgan fingerprint density at radius 1 is 1.16 bits per heavy atom. The largest absolute Gasteiger partial charge is 0.371 e. The van der Waals surface area contributed by atoms with E-state index in [1.54, 1.807) is 6.92 Å². The van der Waals surface area contributed by atoms with Crippen LogP contribution in [0.5, 0.6) is 0 Å². The average Bonchev–Trinajstić information content (AvgIpc) is 2.92. The van der Waals surface area contributed by atoms with Crippen molar-refractivity contribution in [1.29, 1.82) is 0 Å². The summed E-state index contributed by atoms with van der Waals surface area (Å²) in [7, 11) is 0. The summed E-state index contributed by atoms with van der Waals surface area (Å²) in [5.74, 6) is -0.0243. The van der Waals surface area contributed by atoms with E-state index in [4.69, 9.17) is 0 Å². The number of carbonyl (C=O) groups is 1. The van der Waals surface area contributed by atoms with Crippen LogP contribution in [-0.2, 0) is 4.79 Å². The number of fused-ring (bicyclic) bond motifs is 1. The molecule has 1 aliphatic heterocycles. The van der Waals surface area contributed by atoms with Crippen LogP contribution in [0.15, 0.2) is 36.4 Å². The van der Waals surface area contributed by atoms with E-state index in [1.165, 1.54) is 23.9 Å². The highest BCUT2D eigenvalue weighted by Gasteiger charge is 2.14. The monoisotopic (exact) mass is 254 g/mol. The lowest BCUT2D eigenvalue weighted by Crippen LogP contribution is -2.18. The zero-order valence-electron chi connectivity index (χ0n) is 11.1. The van der Waals surface area contributed by atoms with Crippen LogP contribution in [0.4, 0.5) is 11.4 Å². The molecule has 1 amide bonds. The summed E-state index contributed by atoms with van der Waals surface area (Å²) in [6.45, 7) is 3.77. The number of hydrogen-bond acceptors (Lipinski definition) is 2. The van der Waals surface area contributed by atoms with Crippen molar-refractivity contribution < 1.29 is 4.79 Å². The molecule has 19 heavy (non-hydrogen) atoms. The molecule has 2 aromatic rings. The van der Waals surface area contributed by atoms with Gasteiger partial charge in [-0.25, -0.2) is 0 Å². The molecule has 3 heteroatoms. The zero-order valence-corrected chi connectivity index (χ0v) is 11.1. The van der Waals surface area contributed by atoms with Gasteiger partial charge < -0.3 is 10.2 Å². The van der Waals surface area contributed by atoms with Crippen molar-refractivity contribution in [3.8, 4) is 0 Å². The quantitative estimate of drug-likeness (QED) is 0.890. The number of hydrogen-bond donors (Lipinski definition) is 1. The van der Waals surface area contributed by atoms with Gasteiger partial charge in [-0.2, -0.15) is 0 Å². The third kappa shape index (κ3) is 2.41. The van der Waals surface area contributed by atoms with Gasteiger partial charge in [0.15, 0.2) is 0 Å². The maximum atomic E-state index is 11.4. The molecular formula is C16H18N2O. The Morgan fingerprint density at radius 2 is 1.89 bits per heavy atom. The first-order chi connectivity index (χ1) is 9.24. The van der Waals surface area contributed by atoms with Crippen molar-refractivity contribution in [3.63, 3.8) is 0 Å². The molecular weight excluding hydrogens is 236 g/mol. The molecule has 2 aromatic carbocycles. The number of anilines is 2. The maximum Gasteiger partial charge on any atom is 0.221 e. The molecule has 0 aliphatic carbocycles. The minimum atomic E-state index is -0.0243. The zero-order chi connectivity index (χ0) is 13.2. The summed E-state index contributed by atoms with van der Waals surface area (Å²) in [6, 6.07) is 12.5. The van der Waals surface area contributed by atoms with Crippen molar-refractivity contribution in [2.24, 2.45) is 0 Å². The fourth-order valence-corrected chi connectivity index (χ4v) is 2.75. The number of rotatable bonds is 2. The summed E-state index contributed by atoms with van der Waals surface area (Å²) in [6.07, 6.45) is 2.50. The molecule has 0 unspecified atom stereocenters. The SMILES string of the molecule is CC(=O)Nc1cc(N2CCCC2)cc2ccccc12. The Kier molecular flexibility index (Phi) is 3.11. The Labute approximate surface area is 113 Å². The fourth-order valence-electron chi connectivity index (χ4n) is 2.75. The summed E-state index contributed by atoms with van der Waals surface area (Å²) in [5, 5.41) is 5.22. The van der Waals surface area contributed by atoms with Crippen LogP contribution in [-0.4, -0.2) is 19.0 Å². The van der Waals surface area contributed by atoms with Gasteiger partial charge in [0.2, 0.25) is 5.91 Å². The first kappa shape index (κ1) is 12.0. The summed E-state index contributed by atoms with van der Waals surface area (Å²) in [5.41, 5.74) is 2.12. The lowest BCUT2D eigenvalue weighted by atomic mass is 10.1. The van der Waals surface area contributed by atoms with Crippen LogP contribution in [0.3, 0.4) is 0 Å². The molecule has 1 heterocycles. The predicted molar refractivity (Wildman–Crippen MR) is 79.7 cm³/mol. The third-order valence-corrected chi connectivity index (χ3v) is 3.63. The number of nitrogens with one attached hydrogen (secondary N) is 1. The van der Waals surface area contributed by atoms with Gasteiger partial charge in [0, 0.05) is 31.1 Å². The molecule has 3 rings (SSSR count). The molecule has 0 bridgehead atoms. The Morgan fingerprint density at radius 3 is 2.63 bits per heavy atom. The highest BCUT2D eigenvalue weighted by molar-refractivity contribution is 6.03. The Bertz CT molecular complexity index is 615. The molecule has 3 nitrogen and oxygen atoms in total. The van der Waals surface area contributed by atoms with E-state index in [0.717, 1.165) is 24.2 Å². The minimum absolute atomic E-state index is 0.0243.